The van der Waals surface area contributed by atoms with E-state index in [1.54, 1.807) is 12.1 Å². The molecule has 1 aliphatic carbocycles. The molecule has 0 amide bonds. The zero-order valence-corrected chi connectivity index (χ0v) is 10.8. The molecule has 1 saturated carbocycles. The van der Waals surface area contributed by atoms with Crippen LogP contribution in [0.5, 0.6) is 0 Å². The number of benzene rings is 1. The van der Waals surface area contributed by atoms with E-state index < -0.39 is 20.5 Å². The quantitative estimate of drug-likeness (QED) is 0.825. The van der Waals surface area contributed by atoms with Crippen molar-refractivity contribution in [3.63, 3.8) is 0 Å². The molecule has 4 nitrogen and oxygen atoms in total. The molecule has 3 atom stereocenters. The summed E-state index contributed by atoms with van der Waals surface area (Å²) in [5, 5.41) is 8.77. The first-order valence-electron chi connectivity index (χ1n) is 5.62. The van der Waals surface area contributed by atoms with Gasteiger partial charge in [0.2, 0.25) is 0 Å². The maximum atomic E-state index is 12.9. The van der Waals surface area contributed by atoms with Crippen LogP contribution in [0.15, 0.2) is 24.3 Å². The van der Waals surface area contributed by atoms with E-state index >= 15 is 0 Å². The second-order valence-electron chi connectivity index (χ2n) is 4.87. The minimum atomic E-state index is -3.30. The smallest absolute Gasteiger partial charge is 0.151 e. The first kappa shape index (κ1) is 13.5. The zero-order chi connectivity index (χ0) is 13.6. The summed E-state index contributed by atoms with van der Waals surface area (Å²) >= 11 is 0. The monoisotopic (exact) mass is 273 g/mol. The van der Waals surface area contributed by atoms with Crippen LogP contribution in [0, 0.1) is 11.2 Å². The molecule has 1 aromatic rings. The van der Waals surface area contributed by atoms with E-state index in [4.69, 9.17) is 5.73 Å². The van der Waals surface area contributed by atoms with Gasteiger partial charge in [-0.15, -0.1) is 0 Å². The topological polar surface area (TPSA) is 80.4 Å². The molecule has 0 aromatic heterocycles. The van der Waals surface area contributed by atoms with Crippen LogP contribution in [0.1, 0.15) is 11.5 Å². The van der Waals surface area contributed by atoms with E-state index in [-0.39, 0.29) is 24.9 Å². The van der Waals surface area contributed by atoms with Gasteiger partial charge in [-0.2, -0.15) is 0 Å². The van der Waals surface area contributed by atoms with Gasteiger partial charge in [-0.05, 0) is 17.7 Å². The standard InChI is InChI=1S/C12H16FNO3S/c1-18(16,17)11-10(12(11,6-14)7-15)8-2-4-9(13)5-3-8/h2-5,10-11,15H,6-7,14H2,1H3/t10-,11-,12-/m1/s1. The fourth-order valence-electron chi connectivity index (χ4n) is 2.80. The van der Waals surface area contributed by atoms with Crippen molar-refractivity contribution in [2.45, 2.75) is 11.2 Å². The highest BCUT2D eigenvalue weighted by Crippen LogP contribution is 2.61. The normalized spacial score (nSPS) is 31.3. The second-order valence-corrected chi connectivity index (χ2v) is 7.04. The Labute approximate surface area is 106 Å². The maximum Gasteiger partial charge on any atom is 0.151 e. The Hall–Kier alpha value is -0.980. The zero-order valence-electron chi connectivity index (χ0n) is 10.0. The van der Waals surface area contributed by atoms with Gasteiger partial charge in [-0.25, -0.2) is 12.8 Å². The number of sulfone groups is 1. The molecule has 0 heterocycles. The van der Waals surface area contributed by atoms with Crippen molar-refractivity contribution < 1.29 is 17.9 Å². The average Bonchev–Trinajstić information content (AvgIpc) is 3.00. The number of aliphatic hydroxyl groups is 1. The molecular formula is C12H16FNO3S. The number of rotatable bonds is 4. The Kier molecular flexibility index (Phi) is 3.21. The van der Waals surface area contributed by atoms with Crippen LogP contribution in [-0.2, 0) is 9.84 Å². The molecule has 3 N–H and O–H groups in total. The Bertz CT molecular complexity index is 537. The van der Waals surface area contributed by atoms with Gasteiger partial charge in [-0.3, -0.25) is 0 Å². The summed E-state index contributed by atoms with van der Waals surface area (Å²) in [7, 11) is -3.30. The molecule has 0 saturated heterocycles. The molecule has 1 aliphatic rings. The van der Waals surface area contributed by atoms with E-state index in [2.05, 4.69) is 0 Å². The Morgan fingerprint density at radius 2 is 1.94 bits per heavy atom. The summed E-state index contributed by atoms with van der Waals surface area (Å²) in [6.45, 7) is -0.202. The van der Waals surface area contributed by atoms with Gasteiger partial charge in [0.1, 0.15) is 5.82 Å². The summed E-state index contributed by atoms with van der Waals surface area (Å²) in [5.41, 5.74) is 5.50. The summed E-state index contributed by atoms with van der Waals surface area (Å²) in [6.07, 6.45) is 1.14. The van der Waals surface area contributed by atoms with Crippen LogP contribution in [0.2, 0.25) is 0 Å². The lowest BCUT2D eigenvalue weighted by molar-refractivity contribution is 0.212. The summed E-state index contributed by atoms with van der Waals surface area (Å²) in [4.78, 5) is 0. The highest BCUT2D eigenvalue weighted by molar-refractivity contribution is 7.91. The van der Waals surface area contributed by atoms with E-state index in [0.29, 0.717) is 5.56 Å². The molecule has 2 rings (SSSR count). The second kappa shape index (κ2) is 4.29. The molecule has 0 radical (unpaired) electrons. The first-order valence-corrected chi connectivity index (χ1v) is 7.57. The first-order chi connectivity index (χ1) is 8.36. The van der Waals surface area contributed by atoms with Crippen molar-refractivity contribution >= 4 is 9.84 Å². The van der Waals surface area contributed by atoms with Gasteiger partial charge in [0.15, 0.2) is 9.84 Å². The predicted molar refractivity (Wildman–Crippen MR) is 66.3 cm³/mol. The average molecular weight is 273 g/mol. The largest absolute Gasteiger partial charge is 0.396 e. The van der Waals surface area contributed by atoms with Gasteiger partial charge in [-0.1, -0.05) is 12.1 Å². The molecule has 1 aromatic carbocycles. The Balaban J connectivity index is 2.41. The molecule has 18 heavy (non-hydrogen) atoms. The van der Waals surface area contributed by atoms with Gasteiger partial charge in [0.05, 0.1) is 11.9 Å². The van der Waals surface area contributed by atoms with E-state index in [1.807, 2.05) is 0 Å². The lowest BCUT2D eigenvalue weighted by Gasteiger charge is -2.11. The molecule has 0 bridgehead atoms. The summed E-state index contributed by atoms with van der Waals surface area (Å²) in [5.74, 6) is -0.735. The molecule has 1 fully saturated rings. The Morgan fingerprint density at radius 1 is 1.39 bits per heavy atom. The fraction of sp³-hybridized carbons (Fsp3) is 0.500. The summed E-state index contributed by atoms with van der Waals surface area (Å²) < 4.78 is 36.3. The molecular weight excluding hydrogens is 257 g/mol. The molecule has 0 unspecified atom stereocenters. The van der Waals surface area contributed by atoms with Crippen molar-refractivity contribution in [1.29, 1.82) is 0 Å². The van der Waals surface area contributed by atoms with Crippen LogP contribution in [-0.4, -0.2) is 38.2 Å². The van der Waals surface area contributed by atoms with Crippen molar-refractivity contribution in [3.05, 3.63) is 35.6 Å². The molecule has 0 aliphatic heterocycles. The van der Waals surface area contributed by atoms with Crippen molar-refractivity contribution in [1.82, 2.24) is 0 Å². The van der Waals surface area contributed by atoms with Gasteiger partial charge >= 0.3 is 0 Å². The lowest BCUT2D eigenvalue weighted by atomic mass is 10.0. The minimum absolute atomic E-state index is 0.0866. The lowest BCUT2D eigenvalue weighted by Crippen LogP contribution is -2.27. The highest BCUT2D eigenvalue weighted by atomic mass is 32.2. The van der Waals surface area contributed by atoms with Crippen LogP contribution in [0.3, 0.4) is 0 Å². The van der Waals surface area contributed by atoms with Gasteiger partial charge < -0.3 is 10.8 Å². The van der Waals surface area contributed by atoms with Gasteiger partial charge in [0, 0.05) is 24.1 Å². The molecule has 100 valence electrons. The number of hydrogen-bond donors (Lipinski definition) is 2. The number of nitrogens with two attached hydrogens (primary N) is 1. The molecule has 6 heteroatoms. The third-order valence-electron chi connectivity index (χ3n) is 3.74. The van der Waals surface area contributed by atoms with Crippen molar-refractivity contribution in [3.8, 4) is 0 Å². The van der Waals surface area contributed by atoms with E-state index in [0.717, 1.165) is 6.26 Å². The van der Waals surface area contributed by atoms with Crippen LogP contribution < -0.4 is 5.73 Å². The van der Waals surface area contributed by atoms with Crippen LogP contribution in [0.4, 0.5) is 4.39 Å². The van der Waals surface area contributed by atoms with E-state index in [1.165, 1.54) is 12.1 Å². The minimum Gasteiger partial charge on any atom is -0.396 e. The van der Waals surface area contributed by atoms with Crippen LogP contribution >= 0.6 is 0 Å². The van der Waals surface area contributed by atoms with Gasteiger partial charge in [0.25, 0.3) is 0 Å². The maximum absolute atomic E-state index is 12.9. The fourth-order valence-corrected chi connectivity index (χ4v) is 4.81. The van der Waals surface area contributed by atoms with E-state index in [9.17, 15) is 17.9 Å². The Morgan fingerprint density at radius 3 is 2.28 bits per heavy atom. The number of halogens is 1. The molecule has 0 spiro atoms. The predicted octanol–water partition coefficient (Wildman–Crippen LogP) is 0.274. The number of aliphatic hydroxyl groups excluding tert-OH is 1. The van der Waals surface area contributed by atoms with Crippen molar-refractivity contribution in [2.75, 3.05) is 19.4 Å². The van der Waals surface area contributed by atoms with Crippen molar-refractivity contribution in [2.24, 2.45) is 11.1 Å². The number of hydrogen-bond acceptors (Lipinski definition) is 4. The van der Waals surface area contributed by atoms with Crippen LogP contribution in [0.25, 0.3) is 0 Å². The highest BCUT2D eigenvalue weighted by Gasteiger charge is 2.68. The third kappa shape index (κ3) is 1.94. The summed E-state index contributed by atoms with van der Waals surface area (Å²) in [6, 6.07) is 5.66. The third-order valence-corrected chi connectivity index (χ3v) is 5.41. The SMILES string of the molecule is CS(=O)(=O)[C@@H]1[C@@H](c2ccc(F)cc2)[C@@]1(CN)CO.